The van der Waals surface area contributed by atoms with Crippen LogP contribution in [-0.4, -0.2) is 6.54 Å². The monoisotopic (exact) mass is 189 g/mol. The summed E-state index contributed by atoms with van der Waals surface area (Å²) in [6.45, 7) is 8.01. The summed E-state index contributed by atoms with van der Waals surface area (Å²) < 4.78 is 0. The van der Waals surface area contributed by atoms with Crippen LogP contribution >= 0.6 is 0 Å². The molecule has 0 saturated carbocycles. The molecule has 1 aliphatic rings. The van der Waals surface area contributed by atoms with Crippen LogP contribution in [0.25, 0.3) is 0 Å². The van der Waals surface area contributed by atoms with E-state index in [9.17, 15) is 0 Å². The Labute approximate surface area is 86.5 Å². The van der Waals surface area contributed by atoms with E-state index in [2.05, 4.69) is 50.4 Å². The topological polar surface area (TPSA) is 12.0 Å². The van der Waals surface area contributed by atoms with E-state index in [0.717, 1.165) is 6.54 Å². The van der Waals surface area contributed by atoms with Crippen molar-refractivity contribution in [2.45, 2.75) is 33.2 Å². The maximum Gasteiger partial charge on any atom is 0.0372 e. The molecular formula is C13H19N. The van der Waals surface area contributed by atoms with E-state index in [1.165, 1.54) is 17.5 Å². The first-order valence-corrected chi connectivity index (χ1v) is 5.40. The predicted molar refractivity (Wildman–Crippen MR) is 60.3 cm³/mol. The van der Waals surface area contributed by atoms with Crippen LogP contribution in [0.1, 0.15) is 37.9 Å². The fourth-order valence-electron chi connectivity index (χ4n) is 2.28. The Hall–Kier alpha value is -0.820. The third kappa shape index (κ3) is 1.69. The number of hydrogen-bond acceptors (Lipinski definition) is 1. The molecule has 0 amide bonds. The van der Waals surface area contributed by atoms with Gasteiger partial charge in [0.2, 0.25) is 0 Å². The molecular weight excluding hydrogens is 170 g/mol. The van der Waals surface area contributed by atoms with Crippen molar-refractivity contribution in [1.29, 1.82) is 0 Å². The third-order valence-electron chi connectivity index (χ3n) is 2.97. The molecule has 0 saturated heterocycles. The summed E-state index contributed by atoms with van der Waals surface area (Å²) in [6, 6.07) is 9.31. The lowest BCUT2D eigenvalue weighted by Gasteiger charge is -2.36. The van der Waals surface area contributed by atoms with Crippen LogP contribution in [0.5, 0.6) is 0 Å². The Morgan fingerprint density at radius 2 is 1.93 bits per heavy atom. The quantitative estimate of drug-likeness (QED) is 0.661. The van der Waals surface area contributed by atoms with Gasteiger partial charge in [-0.2, -0.15) is 0 Å². The summed E-state index contributed by atoms with van der Waals surface area (Å²) in [7, 11) is 0. The molecule has 0 fully saturated rings. The van der Waals surface area contributed by atoms with Gasteiger partial charge in [0.15, 0.2) is 0 Å². The fourth-order valence-corrected chi connectivity index (χ4v) is 2.28. The molecule has 0 bridgehead atoms. The van der Waals surface area contributed by atoms with Gasteiger partial charge in [0.1, 0.15) is 0 Å². The molecule has 0 radical (unpaired) electrons. The molecule has 1 nitrogen and oxygen atoms in total. The largest absolute Gasteiger partial charge is 0.309 e. The van der Waals surface area contributed by atoms with Crippen LogP contribution in [-0.2, 0) is 6.42 Å². The van der Waals surface area contributed by atoms with Gasteiger partial charge in [-0.05, 0) is 29.5 Å². The van der Waals surface area contributed by atoms with E-state index in [1.807, 2.05) is 0 Å². The average molecular weight is 189 g/mol. The third-order valence-corrected chi connectivity index (χ3v) is 2.97. The lowest BCUT2D eigenvalue weighted by atomic mass is 9.78. The highest BCUT2D eigenvalue weighted by molar-refractivity contribution is 5.33. The van der Waals surface area contributed by atoms with Gasteiger partial charge in [0, 0.05) is 6.04 Å². The molecule has 0 unspecified atom stereocenters. The summed E-state index contributed by atoms with van der Waals surface area (Å²) in [6.07, 6.45) is 1.17. The van der Waals surface area contributed by atoms with E-state index < -0.39 is 0 Å². The fraction of sp³-hybridized carbons (Fsp3) is 0.538. The summed E-state index contributed by atoms with van der Waals surface area (Å²) in [5.74, 6) is 0. The smallest absolute Gasteiger partial charge is 0.0372 e. The zero-order valence-electron chi connectivity index (χ0n) is 9.30. The molecule has 1 heterocycles. The van der Waals surface area contributed by atoms with Crippen LogP contribution in [0.4, 0.5) is 0 Å². The highest BCUT2D eigenvalue weighted by atomic mass is 14.9. The highest BCUT2D eigenvalue weighted by Gasteiger charge is 2.29. The van der Waals surface area contributed by atoms with Crippen LogP contribution in [0.15, 0.2) is 24.3 Å². The van der Waals surface area contributed by atoms with Gasteiger partial charge in [-0.25, -0.2) is 0 Å². The molecule has 1 aromatic carbocycles. The molecule has 0 spiro atoms. The number of fused-ring (bicyclic) bond motifs is 1. The molecule has 0 aliphatic carbocycles. The number of nitrogens with one attached hydrogen (secondary N) is 1. The predicted octanol–water partition coefficient (Wildman–Crippen LogP) is 2.92. The lowest BCUT2D eigenvalue weighted by molar-refractivity contribution is 0.263. The Balaban J connectivity index is 2.41. The second-order valence-electron chi connectivity index (χ2n) is 5.20. The Kier molecular flexibility index (Phi) is 2.36. The first kappa shape index (κ1) is 9.72. The molecule has 1 aliphatic heterocycles. The second kappa shape index (κ2) is 3.39. The van der Waals surface area contributed by atoms with Crippen LogP contribution in [0.2, 0.25) is 0 Å². The Bertz CT molecular complexity index is 322. The van der Waals surface area contributed by atoms with Crippen molar-refractivity contribution in [2.75, 3.05) is 6.54 Å². The average Bonchev–Trinajstić information content (AvgIpc) is 2.15. The molecule has 1 heteroatoms. The zero-order valence-corrected chi connectivity index (χ0v) is 9.30. The second-order valence-corrected chi connectivity index (χ2v) is 5.20. The number of hydrogen-bond donors (Lipinski definition) is 1. The van der Waals surface area contributed by atoms with Gasteiger partial charge in [-0.1, -0.05) is 45.0 Å². The van der Waals surface area contributed by atoms with Crippen molar-refractivity contribution < 1.29 is 0 Å². The van der Waals surface area contributed by atoms with Crippen LogP contribution in [0.3, 0.4) is 0 Å². The minimum Gasteiger partial charge on any atom is -0.309 e. The van der Waals surface area contributed by atoms with Gasteiger partial charge in [-0.3, -0.25) is 0 Å². The summed E-state index contributed by atoms with van der Waals surface area (Å²) in [4.78, 5) is 0. The summed E-state index contributed by atoms with van der Waals surface area (Å²) in [5, 5.41) is 3.62. The Morgan fingerprint density at radius 1 is 1.21 bits per heavy atom. The van der Waals surface area contributed by atoms with Gasteiger partial charge in [0.25, 0.3) is 0 Å². The van der Waals surface area contributed by atoms with Crippen molar-refractivity contribution in [3.63, 3.8) is 0 Å². The summed E-state index contributed by atoms with van der Waals surface area (Å²) in [5.41, 5.74) is 3.31. The van der Waals surface area contributed by atoms with Crippen molar-refractivity contribution in [3.8, 4) is 0 Å². The van der Waals surface area contributed by atoms with Gasteiger partial charge in [-0.15, -0.1) is 0 Å². The van der Waals surface area contributed by atoms with E-state index in [-0.39, 0.29) is 0 Å². The van der Waals surface area contributed by atoms with Crippen LogP contribution in [0, 0.1) is 5.41 Å². The van der Waals surface area contributed by atoms with Gasteiger partial charge in [0.05, 0.1) is 0 Å². The maximum absolute atomic E-state index is 3.62. The number of benzene rings is 1. The number of rotatable bonds is 0. The molecule has 1 N–H and O–H groups in total. The standard InChI is InChI=1S/C13H19N/c1-13(2,3)12-11-7-5-4-6-10(11)8-9-14-12/h4-7,12,14H,8-9H2,1-3H3/t12-/m1/s1. The van der Waals surface area contributed by atoms with Crippen molar-refractivity contribution >= 4 is 0 Å². The maximum atomic E-state index is 3.62. The van der Waals surface area contributed by atoms with Crippen molar-refractivity contribution in [2.24, 2.45) is 5.41 Å². The van der Waals surface area contributed by atoms with Crippen molar-refractivity contribution in [3.05, 3.63) is 35.4 Å². The molecule has 76 valence electrons. The summed E-state index contributed by atoms with van der Waals surface area (Å²) >= 11 is 0. The van der Waals surface area contributed by atoms with E-state index in [0.29, 0.717) is 11.5 Å². The molecule has 1 atom stereocenters. The minimum absolute atomic E-state index is 0.302. The van der Waals surface area contributed by atoms with E-state index in [4.69, 9.17) is 0 Å². The first-order valence-electron chi connectivity index (χ1n) is 5.40. The SMILES string of the molecule is CC(C)(C)[C@@H]1NCCc2ccccc21. The molecule has 1 aromatic rings. The van der Waals surface area contributed by atoms with Crippen molar-refractivity contribution in [1.82, 2.24) is 5.32 Å². The minimum atomic E-state index is 0.302. The van der Waals surface area contributed by atoms with E-state index >= 15 is 0 Å². The zero-order chi connectivity index (χ0) is 10.2. The van der Waals surface area contributed by atoms with Crippen LogP contribution < -0.4 is 5.32 Å². The van der Waals surface area contributed by atoms with Gasteiger partial charge >= 0.3 is 0 Å². The highest BCUT2D eigenvalue weighted by Crippen LogP contribution is 2.36. The first-order chi connectivity index (χ1) is 6.59. The van der Waals surface area contributed by atoms with Gasteiger partial charge < -0.3 is 5.32 Å². The molecule has 14 heavy (non-hydrogen) atoms. The molecule has 2 rings (SSSR count). The molecule has 0 aromatic heterocycles. The normalized spacial score (nSPS) is 21.8. The lowest BCUT2D eigenvalue weighted by Crippen LogP contribution is -2.37. The Morgan fingerprint density at radius 3 is 2.64 bits per heavy atom. The van der Waals surface area contributed by atoms with E-state index in [1.54, 1.807) is 0 Å².